The van der Waals surface area contributed by atoms with Crippen molar-refractivity contribution in [1.29, 1.82) is 0 Å². The van der Waals surface area contributed by atoms with Crippen molar-refractivity contribution in [3.05, 3.63) is 85.1 Å². The van der Waals surface area contributed by atoms with Crippen LogP contribution in [0.1, 0.15) is 258 Å². The van der Waals surface area contributed by atoms with Gasteiger partial charge in [-0.1, -0.05) is 266 Å². The highest BCUT2D eigenvalue weighted by Crippen LogP contribution is 2.16. The van der Waals surface area contributed by atoms with Crippen molar-refractivity contribution in [1.82, 2.24) is 5.32 Å². The first-order valence-corrected chi connectivity index (χ1v) is 26.8. The Balaban J connectivity index is 3.58. The Morgan fingerprint density at radius 1 is 0.403 bits per heavy atom. The molecule has 358 valence electrons. The number of unbranched alkanes of at least 4 members (excludes halogenated alkanes) is 29. The Labute approximate surface area is 386 Å². The second kappa shape index (κ2) is 52.9. The van der Waals surface area contributed by atoms with E-state index in [0.717, 1.165) is 70.6 Å². The van der Waals surface area contributed by atoms with Crippen molar-refractivity contribution < 1.29 is 15.0 Å². The summed E-state index contributed by atoms with van der Waals surface area (Å²) in [6.45, 7) is 4.20. The van der Waals surface area contributed by atoms with Gasteiger partial charge in [0.15, 0.2) is 0 Å². The Morgan fingerprint density at radius 2 is 0.710 bits per heavy atom. The van der Waals surface area contributed by atoms with Crippen LogP contribution in [-0.2, 0) is 4.79 Å². The monoisotopic (exact) mass is 862 g/mol. The summed E-state index contributed by atoms with van der Waals surface area (Å²) in [5, 5.41) is 23.2. The van der Waals surface area contributed by atoms with Crippen LogP contribution in [0.25, 0.3) is 0 Å². The fraction of sp³-hybridized carbons (Fsp3) is 0.741. The van der Waals surface area contributed by atoms with E-state index in [9.17, 15) is 15.0 Å². The number of allylic oxidation sites excluding steroid dienone is 13. The molecule has 0 bridgehead atoms. The summed E-state index contributed by atoms with van der Waals surface area (Å²) in [6.07, 6.45) is 77.2. The number of nitrogens with one attached hydrogen (secondary N) is 1. The zero-order chi connectivity index (χ0) is 44.9. The van der Waals surface area contributed by atoms with Crippen LogP contribution in [0.5, 0.6) is 0 Å². The van der Waals surface area contributed by atoms with E-state index in [4.69, 9.17) is 0 Å². The van der Waals surface area contributed by atoms with E-state index in [1.165, 1.54) is 167 Å². The molecule has 0 aromatic rings. The van der Waals surface area contributed by atoms with E-state index in [0.29, 0.717) is 6.42 Å². The summed E-state index contributed by atoms with van der Waals surface area (Å²) < 4.78 is 0. The second-order valence-electron chi connectivity index (χ2n) is 17.9. The second-order valence-corrected chi connectivity index (χ2v) is 17.9. The molecule has 2 unspecified atom stereocenters. The molecule has 3 N–H and O–H groups in total. The Morgan fingerprint density at radius 3 is 1.06 bits per heavy atom. The van der Waals surface area contributed by atoms with E-state index >= 15 is 0 Å². The van der Waals surface area contributed by atoms with Gasteiger partial charge in [0.05, 0.1) is 18.8 Å². The van der Waals surface area contributed by atoms with Gasteiger partial charge in [-0.15, -0.1) is 0 Å². The summed E-state index contributed by atoms with van der Waals surface area (Å²) in [4.78, 5) is 12.5. The maximum atomic E-state index is 12.5. The number of amides is 1. The van der Waals surface area contributed by atoms with Gasteiger partial charge in [-0.05, 0) is 70.6 Å². The molecule has 4 nitrogen and oxygen atoms in total. The Hall–Kier alpha value is -2.43. The van der Waals surface area contributed by atoms with Crippen LogP contribution in [-0.4, -0.2) is 34.9 Å². The lowest BCUT2D eigenvalue weighted by Gasteiger charge is -2.20. The predicted molar refractivity (Wildman–Crippen MR) is 276 cm³/mol. The molecule has 0 aliphatic rings. The molecule has 0 aliphatic heterocycles. The van der Waals surface area contributed by atoms with Crippen molar-refractivity contribution in [2.75, 3.05) is 6.61 Å². The van der Waals surface area contributed by atoms with Crippen molar-refractivity contribution in [3.63, 3.8) is 0 Å². The van der Waals surface area contributed by atoms with Crippen molar-refractivity contribution in [2.45, 2.75) is 270 Å². The molecule has 0 radical (unpaired) electrons. The number of rotatable bonds is 48. The molecule has 0 saturated heterocycles. The van der Waals surface area contributed by atoms with Crippen LogP contribution < -0.4 is 5.32 Å². The maximum absolute atomic E-state index is 12.5. The third-order valence-electron chi connectivity index (χ3n) is 11.9. The zero-order valence-electron chi connectivity index (χ0n) is 41.1. The van der Waals surface area contributed by atoms with Gasteiger partial charge >= 0.3 is 0 Å². The standard InChI is InChI=1S/C58H103NO3/c1-3-5-7-9-11-13-15-17-19-21-23-25-27-28-29-30-32-34-36-38-40-42-44-46-48-50-52-54-58(62)59-56(55-60)57(61)53-51-49-47-45-43-41-39-37-35-33-31-26-24-22-20-18-16-14-12-10-8-6-4-2/h5,7,11,13,17,19,23,25,28-29,32,34,51,53,56-57,60-61H,3-4,6,8-10,12,14-16,18,20-22,24,26-27,30-31,33,35-50,52,54-55H2,1-2H3,(H,59,62)/b7-5-,13-11-,19-17-,25-23-,29-28-,34-32-,53-51+. The van der Waals surface area contributed by atoms with E-state index < -0.39 is 12.1 Å². The largest absolute Gasteiger partial charge is 0.394 e. The lowest BCUT2D eigenvalue weighted by Crippen LogP contribution is -2.45. The van der Waals surface area contributed by atoms with E-state index in [2.05, 4.69) is 92.1 Å². The highest BCUT2D eigenvalue weighted by molar-refractivity contribution is 5.76. The molecule has 4 heteroatoms. The highest BCUT2D eigenvalue weighted by atomic mass is 16.3. The number of carbonyl (C=O) groups is 1. The van der Waals surface area contributed by atoms with Gasteiger partial charge in [0.25, 0.3) is 0 Å². The molecule has 0 fully saturated rings. The van der Waals surface area contributed by atoms with Crippen molar-refractivity contribution in [2.24, 2.45) is 0 Å². The van der Waals surface area contributed by atoms with Crippen LogP contribution in [0.2, 0.25) is 0 Å². The van der Waals surface area contributed by atoms with E-state index in [-0.39, 0.29) is 12.5 Å². The van der Waals surface area contributed by atoms with Crippen LogP contribution in [0.3, 0.4) is 0 Å². The van der Waals surface area contributed by atoms with Gasteiger partial charge in [0.2, 0.25) is 5.91 Å². The molecule has 0 aromatic heterocycles. The number of hydrogen-bond donors (Lipinski definition) is 3. The van der Waals surface area contributed by atoms with E-state index in [1.54, 1.807) is 6.08 Å². The minimum Gasteiger partial charge on any atom is -0.394 e. The predicted octanol–water partition coefficient (Wildman–Crippen LogP) is 17.6. The third-order valence-corrected chi connectivity index (χ3v) is 11.9. The Bertz CT molecular complexity index is 1110. The normalized spacial score (nSPS) is 13.5. The van der Waals surface area contributed by atoms with Gasteiger partial charge in [-0.25, -0.2) is 0 Å². The minimum absolute atomic E-state index is 0.0738. The maximum Gasteiger partial charge on any atom is 0.220 e. The first kappa shape index (κ1) is 59.6. The average molecular weight is 862 g/mol. The Kier molecular flexibility index (Phi) is 50.8. The fourth-order valence-electron chi connectivity index (χ4n) is 7.83. The van der Waals surface area contributed by atoms with Crippen molar-refractivity contribution in [3.8, 4) is 0 Å². The number of aliphatic hydroxyl groups excluding tert-OH is 2. The molecule has 0 spiro atoms. The summed E-state index contributed by atoms with van der Waals surface area (Å²) in [7, 11) is 0. The SMILES string of the molecule is CC/C=C\C/C=C\C/C=C\C/C=C\C/C=C\C/C=C\CCCCCCCCCCC(=O)NC(CO)C(O)/C=C/CCCCCCCCCCCCCCCCCCCCCCC. The lowest BCUT2D eigenvalue weighted by atomic mass is 10.0. The van der Waals surface area contributed by atoms with Crippen LogP contribution >= 0.6 is 0 Å². The number of hydrogen-bond acceptors (Lipinski definition) is 3. The molecule has 0 aromatic carbocycles. The van der Waals surface area contributed by atoms with Crippen LogP contribution in [0.4, 0.5) is 0 Å². The quantitative estimate of drug-likeness (QED) is 0.0422. The lowest BCUT2D eigenvalue weighted by molar-refractivity contribution is -0.123. The molecule has 0 saturated carbocycles. The van der Waals surface area contributed by atoms with Gasteiger partial charge in [0, 0.05) is 6.42 Å². The number of carbonyl (C=O) groups excluding carboxylic acids is 1. The molecule has 0 heterocycles. The summed E-state index contributed by atoms with van der Waals surface area (Å²) in [5.41, 5.74) is 0. The van der Waals surface area contributed by atoms with Crippen LogP contribution in [0.15, 0.2) is 85.1 Å². The molecule has 62 heavy (non-hydrogen) atoms. The van der Waals surface area contributed by atoms with E-state index in [1.807, 2.05) is 6.08 Å². The first-order valence-electron chi connectivity index (χ1n) is 26.8. The van der Waals surface area contributed by atoms with Gasteiger partial charge < -0.3 is 15.5 Å². The highest BCUT2D eigenvalue weighted by Gasteiger charge is 2.18. The number of aliphatic hydroxyl groups is 2. The van der Waals surface area contributed by atoms with Crippen LogP contribution in [0, 0.1) is 0 Å². The summed E-state index contributed by atoms with van der Waals surface area (Å²) in [5.74, 6) is -0.0738. The van der Waals surface area contributed by atoms with Gasteiger partial charge in [0.1, 0.15) is 0 Å². The molecule has 0 aliphatic carbocycles. The average Bonchev–Trinajstić information content (AvgIpc) is 3.28. The molecular formula is C58H103NO3. The smallest absolute Gasteiger partial charge is 0.220 e. The minimum atomic E-state index is -0.849. The summed E-state index contributed by atoms with van der Waals surface area (Å²) in [6, 6.07) is -0.633. The zero-order valence-corrected chi connectivity index (χ0v) is 41.1. The molecule has 1 amide bonds. The fourth-order valence-corrected chi connectivity index (χ4v) is 7.83. The van der Waals surface area contributed by atoms with Gasteiger partial charge in [-0.2, -0.15) is 0 Å². The summed E-state index contributed by atoms with van der Waals surface area (Å²) >= 11 is 0. The van der Waals surface area contributed by atoms with Crippen molar-refractivity contribution >= 4 is 5.91 Å². The first-order chi connectivity index (χ1) is 30.7. The topological polar surface area (TPSA) is 69.6 Å². The molecule has 2 atom stereocenters. The third kappa shape index (κ3) is 48.6. The molecular weight excluding hydrogens is 759 g/mol. The molecule has 0 rings (SSSR count). The van der Waals surface area contributed by atoms with Gasteiger partial charge in [-0.3, -0.25) is 4.79 Å².